The number of piperidine rings is 1. The van der Waals surface area contributed by atoms with E-state index in [1.54, 1.807) is 0 Å². The van der Waals surface area contributed by atoms with E-state index in [1.165, 1.54) is 69.3 Å². The first kappa shape index (κ1) is 18.7. The molecule has 3 heteroatoms. The van der Waals surface area contributed by atoms with Crippen LogP contribution in [0.2, 0.25) is 0 Å². The number of hydrogen-bond donors (Lipinski definition) is 1. The number of hydrogen-bond acceptors (Lipinski definition) is 2. The van der Waals surface area contributed by atoms with Gasteiger partial charge in [-0.05, 0) is 80.5 Å². The number of amides is 1. The molecule has 1 saturated heterocycles. The standard InChI is InChI=1S/C25H36N2O.H2/c1-17(2)24(28)26-23-15-25(22-6-4-3-5-21(22)23)9-11-27(12-10-25)16-20-14-18-7-8-19(20)13-18;/h3-6,17-20,23H,7-16H2,1-2H3,(H,26,28);1H/t18-,19-,20+,23-;/m0./s1. The Labute approximate surface area is 171 Å². The van der Waals surface area contributed by atoms with E-state index in [9.17, 15) is 4.79 Å². The maximum atomic E-state index is 12.4. The molecule has 1 aromatic carbocycles. The van der Waals surface area contributed by atoms with Crippen LogP contribution in [-0.4, -0.2) is 30.4 Å². The number of benzene rings is 1. The van der Waals surface area contributed by atoms with Crippen molar-refractivity contribution < 1.29 is 6.22 Å². The van der Waals surface area contributed by atoms with Crippen molar-refractivity contribution in [2.45, 2.75) is 70.3 Å². The van der Waals surface area contributed by atoms with Gasteiger partial charge in [0, 0.05) is 19.3 Å². The summed E-state index contributed by atoms with van der Waals surface area (Å²) < 4.78 is 0. The Kier molecular flexibility index (Phi) is 4.77. The van der Waals surface area contributed by atoms with Gasteiger partial charge in [0.2, 0.25) is 5.91 Å². The molecule has 2 bridgehead atoms. The van der Waals surface area contributed by atoms with E-state index in [0.29, 0.717) is 0 Å². The summed E-state index contributed by atoms with van der Waals surface area (Å²) in [7, 11) is 0. The molecule has 3 nitrogen and oxygen atoms in total. The monoisotopic (exact) mass is 382 g/mol. The molecule has 154 valence electrons. The van der Waals surface area contributed by atoms with Gasteiger partial charge in [0.25, 0.3) is 0 Å². The van der Waals surface area contributed by atoms with Gasteiger partial charge in [-0.3, -0.25) is 4.79 Å². The molecule has 1 spiro atoms. The minimum atomic E-state index is 0. The van der Waals surface area contributed by atoms with Gasteiger partial charge < -0.3 is 10.2 Å². The second kappa shape index (κ2) is 7.16. The van der Waals surface area contributed by atoms with Crippen LogP contribution in [0.25, 0.3) is 0 Å². The fraction of sp³-hybridized carbons (Fsp3) is 0.720. The van der Waals surface area contributed by atoms with E-state index < -0.39 is 0 Å². The van der Waals surface area contributed by atoms with Crippen molar-refractivity contribution in [3.05, 3.63) is 35.4 Å². The Morgan fingerprint density at radius 3 is 2.68 bits per heavy atom. The SMILES string of the molecule is CC(C)C(=O)N[C@H]1CC2(CCN(C[C@H]3C[C@H]4CC[C@H]3C4)CC2)c2ccccc21.[HH]. The second-order valence-electron chi connectivity index (χ2n) is 10.5. The zero-order chi connectivity index (χ0) is 19.3. The van der Waals surface area contributed by atoms with Gasteiger partial charge in [-0.15, -0.1) is 0 Å². The van der Waals surface area contributed by atoms with Gasteiger partial charge >= 0.3 is 0 Å². The van der Waals surface area contributed by atoms with Gasteiger partial charge in [-0.2, -0.15) is 0 Å². The van der Waals surface area contributed by atoms with Gasteiger partial charge in [-0.1, -0.05) is 44.5 Å². The van der Waals surface area contributed by atoms with Crippen molar-refractivity contribution in [2.75, 3.05) is 19.6 Å². The Bertz CT molecular complexity index is 740. The predicted molar refractivity (Wildman–Crippen MR) is 115 cm³/mol. The highest BCUT2D eigenvalue weighted by molar-refractivity contribution is 5.78. The lowest BCUT2D eigenvalue weighted by molar-refractivity contribution is -0.124. The number of likely N-dealkylation sites (tertiary alicyclic amines) is 1. The molecule has 1 heterocycles. The van der Waals surface area contributed by atoms with Crippen LogP contribution in [-0.2, 0) is 10.2 Å². The quantitative estimate of drug-likeness (QED) is 0.802. The average molecular weight is 383 g/mol. The van der Waals surface area contributed by atoms with Crippen LogP contribution >= 0.6 is 0 Å². The largest absolute Gasteiger partial charge is 0.349 e. The third kappa shape index (κ3) is 3.20. The van der Waals surface area contributed by atoms with E-state index in [4.69, 9.17) is 0 Å². The van der Waals surface area contributed by atoms with Gasteiger partial charge in [-0.25, -0.2) is 0 Å². The summed E-state index contributed by atoms with van der Waals surface area (Å²) >= 11 is 0. The fourth-order valence-electron chi connectivity index (χ4n) is 6.93. The highest BCUT2D eigenvalue weighted by atomic mass is 16.1. The first-order valence-corrected chi connectivity index (χ1v) is 11.7. The molecule has 1 aliphatic heterocycles. The average Bonchev–Trinajstić information content (AvgIpc) is 3.39. The maximum Gasteiger partial charge on any atom is 0.223 e. The first-order valence-electron chi connectivity index (χ1n) is 11.7. The van der Waals surface area contributed by atoms with Crippen molar-refractivity contribution in [3.63, 3.8) is 0 Å². The van der Waals surface area contributed by atoms with Crippen LogP contribution in [0.15, 0.2) is 24.3 Å². The van der Waals surface area contributed by atoms with Crippen molar-refractivity contribution >= 4 is 5.91 Å². The molecule has 4 aliphatic rings. The molecule has 1 N–H and O–H groups in total. The lowest BCUT2D eigenvalue weighted by Crippen LogP contribution is -2.44. The zero-order valence-corrected chi connectivity index (χ0v) is 17.6. The summed E-state index contributed by atoms with van der Waals surface area (Å²) in [5.41, 5.74) is 3.16. The van der Waals surface area contributed by atoms with Crippen molar-refractivity contribution in [3.8, 4) is 0 Å². The van der Waals surface area contributed by atoms with Gasteiger partial charge in [0.15, 0.2) is 0 Å². The molecule has 3 aliphatic carbocycles. The van der Waals surface area contributed by atoms with Gasteiger partial charge in [0.05, 0.1) is 6.04 Å². The highest BCUT2D eigenvalue weighted by Crippen LogP contribution is 2.52. The summed E-state index contributed by atoms with van der Waals surface area (Å²) in [5.74, 6) is 3.29. The Morgan fingerprint density at radius 1 is 1.21 bits per heavy atom. The van der Waals surface area contributed by atoms with Gasteiger partial charge in [0.1, 0.15) is 0 Å². The van der Waals surface area contributed by atoms with Crippen LogP contribution in [0.3, 0.4) is 0 Å². The first-order chi connectivity index (χ1) is 13.5. The van der Waals surface area contributed by atoms with E-state index in [0.717, 1.165) is 24.2 Å². The van der Waals surface area contributed by atoms with Crippen molar-refractivity contribution in [1.82, 2.24) is 10.2 Å². The minimum Gasteiger partial charge on any atom is -0.349 e. The van der Waals surface area contributed by atoms with Crippen molar-refractivity contribution in [1.29, 1.82) is 0 Å². The van der Waals surface area contributed by atoms with Crippen molar-refractivity contribution in [2.24, 2.45) is 23.7 Å². The lowest BCUT2D eigenvalue weighted by Gasteiger charge is -2.42. The number of nitrogens with zero attached hydrogens (tertiary/aromatic N) is 1. The number of nitrogens with one attached hydrogen (secondary N) is 1. The fourth-order valence-corrected chi connectivity index (χ4v) is 6.93. The highest BCUT2D eigenvalue weighted by Gasteiger charge is 2.47. The lowest BCUT2D eigenvalue weighted by atomic mass is 9.73. The smallest absolute Gasteiger partial charge is 0.223 e. The zero-order valence-electron chi connectivity index (χ0n) is 17.6. The summed E-state index contributed by atoms with van der Waals surface area (Å²) in [6.45, 7) is 7.77. The molecule has 2 saturated carbocycles. The molecule has 3 fully saturated rings. The summed E-state index contributed by atoms with van der Waals surface area (Å²) in [4.78, 5) is 15.1. The van der Waals surface area contributed by atoms with E-state index in [2.05, 4.69) is 34.5 Å². The predicted octanol–water partition coefficient (Wildman–Crippen LogP) is 4.92. The number of carbonyl (C=O) groups excluding carboxylic acids is 1. The van der Waals surface area contributed by atoms with E-state index >= 15 is 0 Å². The van der Waals surface area contributed by atoms with Crippen LogP contribution in [0, 0.1) is 23.7 Å². The molecule has 0 aromatic heterocycles. The van der Waals surface area contributed by atoms with Crippen LogP contribution < -0.4 is 5.32 Å². The van der Waals surface area contributed by atoms with E-state index in [-0.39, 0.29) is 24.7 Å². The third-order valence-corrected chi connectivity index (χ3v) is 8.53. The number of rotatable bonds is 4. The molecule has 0 radical (unpaired) electrons. The van der Waals surface area contributed by atoms with Crippen LogP contribution in [0.5, 0.6) is 0 Å². The Balaban J connectivity index is 0.00000205. The van der Waals surface area contributed by atoms with Crippen LogP contribution in [0.1, 0.15) is 77.4 Å². The molecule has 0 unspecified atom stereocenters. The second-order valence-corrected chi connectivity index (χ2v) is 10.5. The molecule has 5 rings (SSSR count). The molecular weight excluding hydrogens is 344 g/mol. The summed E-state index contributed by atoms with van der Waals surface area (Å²) in [6, 6.07) is 9.11. The normalized spacial score (nSPS) is 33.5. The maximum absolute atomic E-state index is 12.4. The van der Waals surface area contributed by atoms with E-state index in [1.807, 2.05) is 13.8 Å². The van der Waals surface area contributed by atoms with Crippen LogP contribution in [0.4, 0.5) is 0 Å². The topological polar surface area (TPSA) is 32.3 Å². The molecule has 1 amide bonds. The minimum absolute atomic E-state index is 0. The Hall–Kier alpha value is -1.35. The third-order valence-electron chi connectivity index (χ3n) is 8.53. The Morgan fingerprint density at radius 2 is 2.00 bits per heavy atom. The number of fused-ring (bicyclic) bond motifs is 4. The molecule has 28 heavy (non-hydrogen) atoms. The molecule has 4 atom stereocenters. The summed E-state index contributed by atoms with van der Waals surface area (Å²) in [6.07, 6.45) is 9.61. The number of carbonyl (C=O) groups is 1. The molecule has 1 aromatic rings. The molecular formula is C25H38N2O. The summed E-state index contributed by atoms with van der Waals surface area (Å²) in [5, 5.41) is 3.34.